The number of hydrogen-bond acceptors (Lipinski definition) is 5. The molecule has 0 bridgehead atoms. The summed E-state index contributed by atoms with van der Waals surface area (Å²) in [6, 6.07) is 5.62. The number of carbonyl (C=O) groups excluding carboxylic acids is 2. The van der Waals surface area contributed by atoms with Crippen LogP contribution in [0.2, 0.25) is 0 Å². The van der Waals surface area contributed by atoms with Crippen LogP contribution in [0.25, 0.3) is 0 Å². The van der Waals surface area contributed by atoms with Crippen LogP contribution in [0.3, 0.4) is 0 Å². The predicted molar refractivity (Wildman–Crippen MR) is 87.1 cm³/mol. The average molecular weight is 333 g/mol. The van der Waals surface area contributed by atoms with Crippen LogP contribution < -0.4 is 9.47 Å². The SMILES string of the molecule is CCOC(=O)C1CCN(C(=O)Cc2ccc3c(c2)OCCO3)CC1. The standard InChI is InChI=1S/C18H23NO5/c1-2-22-18(21)14-5-7-19(8-6-14)17(20)12-13-3-4-15-16(11-13)24-10-9-23-15/h3-4,11,14H,2,5-10,12H2,1H3. The Labute approximate surface area is 141 Å². The summed E-state index contributed by atoms with van der Waals surface area (Å²) >= 11 is 0. The minimum atomic E-state index is -0.142. The Bertz CT molecular complexity index is 607. The van der Waals surface area contributed by atoms with Crippen molar-refractivity contribution in [2.75, 3.05) is 32.9 Å². The molecule has 0 radical (unpaired) electrons. The normalized spacial score (nSPS) is 17.5. The van der Waals surface area contributed by atoms with E-state index in [0.29, 0.717) is 57.9 Å². The Kier molecular flexibility index (Phi) is 5.23. The number of likely N-dealkylation sites (tertiary alicyclic amines) is 1. The minimum absolute atomic E-state index is 0.0778. The lowest BCUT2D eigenvalue weighted by atomic mass is 9.96. The van der Waals surface area contributed by atoms with Crippen LogP contribution >= 0.6 is 0 Å². The van der Waals surface area contributed by atoms with Crippen LogP contribution in [0.1, 0.15) is 25.3 Å². The maximum atomic E-state index is 12.5. The summed E-state index contributed by atoms with van der Waals surface area (Å²) in [7, 11) is 0. The highest BCUT2D eigenvalue weighted by molar-refractivity contribution is 5.79. The van der Waals surface area contributed by atoms with E-state index in [0.717, 1.165) is 11.3 Å². The molecule has 24 heavy (non-hydrogen) atoms. The van der Waals surface area contributed by atoms with Crippen molar-refractivity contribution >= 4 is 11.9 Å². The molecule has 130 valence electrons. The van der Waals surface area contributed by atoms with Crippen molar-refractivity contribution in [2.24, 2.45) is 5.92 Å². The van der Waals surface area contributed by atoms with Crippen molar-refractivity contribution in [1.82, 2.24) is 4.90 Å². The number of rotatable bonds is 4. The van der Waals surface area contributed by atoms with Gasteiger partial charge in [-0.3, -0.25) is 9.59 Å². The van der Waals surface area contributed by atoms with Crippen molar-refractivity contribution in [2.45, 2.75) is 26.2 Å². The lowest BCUT2D eigenvalue weighted by Crippen LogP contribution is -2.41. The number of fused-ring (bicyclic) bond motifs is 1. The second-order valence-electron chi connectivity index (χ2n) is 6.06. The van der Waals surface area contributed by atoms with Gasteiger partial charge in [0.2, 0.25) is 5.91 Å². The Morgan fingerprint density at radius 2 is 1.88 bits per heavy atom. The Balaban J connectivity index is 1.53. The summed E-state index contributed by atoms with van der Waals surface area (Å²) in [5, 5.41) is 0. The molecule has 6 nitrogen and oxygen atoms in total. The molecule has 3 rings (SSSR count). The summed E-state index contributed by atoms with van der Waals surface area (Å²) in [6.45, 7) is 4.51. The van der Waals surface area contributed by atoms with Gasteiger partial charge in [-0.2, -0.15) is 0 Å². The van der Waals surface area contributed by atoms with E-state index in [-0.39, 0.29) is 17.8 Å². The van der Waals surface area contributed by atoms with Gasteiger partial charge in [0.25, 0.3) is 0 Å². The summed E-state index contributed by atoms with van der Waals surface area (Å²) < 4.78 is 16.1. The highest BCUT2D eigenvalue weighted by Gasteiger charge is 2.28. The summed E-state index contributed by atoms with van der Waals surface area (Å²) in [6.07, 6.45) is 1.68. The van der Waals surface area contributed by atoms with Crippen molar-refractivity contribution < 1.29 is 23.8 Å². The Morgan fingerprint density at radius 1 is 1.17 bits per heavy atom. The third-order valence-electron chi connectivity index (χ3n) is 4.43. The van der Waals surface area contributed by atoms with Gasteiger partial charge in [0.15, 0.2) is 11.5 Å². The lowest BCUT2D eigenvalue weighted by Gasteiger charge is -2.31. The van der Waals surface area contributed by atoms with Gasteiger partial charge in [0.05, 0.1) is 18.9 Å². The summed E-state index contributed by atoms with van der Waals surface area (Å²) in [5.41, 5.74) is 0.914. The fraction of sp³-hybridized carbons (Fsp3) is 0.556. The molecule has 1 fully saturated rings. The molecule has 2 heterocycles. The molecular formula is C18H23NO5. The molecule has 0 saturated carbocycles. The molecule has 0 spiro atoms. The van der Waals surface area contributed by atoms with E-state index in [1.165, 1.54) is 0 Å². The topological polar surface area (TPSA) is 65.1 Å². The first-order valence-corrected chi connectivity index (χ1v) is 8.50. The molecule has 1 amide bonds. The fourth-order valence-corrected chi connectivity index (χ4v) is 3.11. The van der Waals surface area contributed by atoms with Gasteiger partial charge in [-0.15, -0.1) is 0 Å². The largest absolute Gasteiger partial charge is 0.486 e. The maximum Gasteiger partial charge on any atom is 0.309 e. The molecule has 1 aromatic carbocycles. The van der Waals surface area contributed by atoms with Gasteiger partial charge < -0.3 is 19.1 Å². The minimum Gasteiger partial charge on any atom is -0.486 e. The van der Waals surface area contributed by atoms with Crippen molar-refractivity contribution in [3.8, 4) is 11.5 Å². The number of ether oxygens (including phenoxy) is 3. The molecule has 2 aliphatic rings. The number of nitrogens with zero attached hydrogens (tertiary/aromatic N) is 1. The monoisotopic (exact) mass is 333 g/mol. The molecule has 0 unspecified atom stereocenters. The molecule has 1 saturated heterocycles. The van der Waals surface area contributed by atoms with E-state index in [2.05, 4.69) is 0 Å². The lowest BCUT2D eigenvalue weighted by molar-refractivity contribution is -0.151. The quantitative estimate of drug-likeness (QED) is 0.786. The van der Waals surface area contributed by atoms with Gasteiger partial charge in [-0.1, -0.05) is 6.07 Å². The number of benzene rings is 1. The van der Waals surface area contributed by atoms with Gasteiger partial charge in [0.1, 0.15) is 13.2 Å². The second-order valence-corrected chi connectivity index (χ2v) is 6.06. The zero-order valence-corrected chi connectivity index (χ0v) is 14.0. The van der Waals surface area contributed by atoms with Crippen LogP contribution in [0, 0.1) is 5.92 Å². The van der Waals surface area contributed by atoms with Crippen LogP contribution in [0.5, 0.6) is 11.5 Å². The number of esters is 1. The third kappa shape index (κ3) is 3.80. The van der Waals surface area contributed by atoms with E-state index in [1.807, 2.05) is 30.0 Å². The first kappa shape index (κ1) is 16.6. The van der Waals surface area contributed by atoms with Gasteiger partial charge >= 0.3 is 5.97 Å². The number of carbonyl (C=O) groups is 2. The molecule has 2 aliphatic heterocycles. The molecule has 0 N–H and O–H groups in total. The van der Waals surface area contributed by atoms with Crippen LogP contribution in [0.15, 0.2) is 18.2 Å². The summed E-state index contributed by atoms with van der Waals surface area (Å²) in [4.78, 5) is 26.1. The molecule has 0 atom stereocenters. The Hall–Kier alpha value is -2.24. The average Bonchev–Trinajstić information content (AvgIpc) is 2.62. The molecule has 1 aromatic rings. The molecule has 0 aromatic heterocycles. The predicted octanol–water partition coefficient (Wildman–Crippen LogP) is 1.80. The third-order valence-corrected chi connectivity index (χ3v) is 4.43. The second kappa shape index (κ2) is 7.55. The zero-order valence-electron chi connectivity index (χ0n) is 14.0. The van der Waals surface area contributed by atoms with Crippen LogP contribution in [-0.2, 0) is 20.7 Å². The van der Waals surface area contributed by atoms with Crippen LogP contribution in [0.4, 0.5) is 0 Å². The molecular weight excluding hydrogens is 310 g/mol. The van der Waals surface area contributed by atoms with Gasteiger partial charge in [-0.05, 0) is 37.5 Å². The first-order valence-electron chi connectivity index (χ1n) is 8.50. The van der Waals surface area contributed by atoms with Crippen molar-refractivity contribution in [1.29, 1.82) is 0 Å². The van der Waals surface area contributed by atoms with E-state index >= 15 is 0 Å². The van der Waals surface area contributed by atoms with E-state index in [9.17, 15) is 9.59 Å². The molecule has 6 heteroatoms. The zero-order chi connectivity index (χ0) is 16.9. The van der Waals surface area contributed by atoms with Gasteiger partial charge in [0, 0.05) is 13.1 Å². The van der Waals surface area contributed by atoms with Gasteiger partial charge in [-0.25, -0.2) is 0 Å². The Morgan fingerprint density at radius 3 is 2.58 bits per heavy atom. The maximum absolute atomic E-state index is 12.5. The fourth-order valence-electron chi connectivity index (χ4n) is 3.11. The number of piperidine rings is 1. The number of amides is 1. The van der Waals surface area contributed by atoms with E-state index in [1.54, 1.807) is 0 Å². The smallest absolute Gasteiger partial charge is 0.309 e. The van der Waals surface area contributed by atoms with Crippen LogP contribution in [-0.4, -0.2) is 49.7 Å². The highest BCUT2D eigenvalue weighted by Crippen LogP contribution is 2.31. The highest BCUT2D eigenvalue weighted by atomic mass is 16.6. The van der Waals surface area contributed by atoms with E-state index in [4.69, 9.17) is 14.2 Å². The van der Waals surface area contributed by atoms with Crippen molar-refractivity contribution in [3.05, 3.63) is 23.8 Å². The summed E-state index contributed by atoms with van der Waals surface area (Å²) in [5.74, 6) is 1.29. The first-order chi connectivity index (χ1) is 11.7. The van der Waals surface area contributed by atoms with Crippen molar-refractivity contribution in [3.63, 3.8) is 0 Å². The van der Waals surface area contributed by atoms with E-state index < -0.39 is 0 Å². The number of hydrogen-bond donors (Lipinski definition) is 0. The molecule has 0 aliphatic carbocycles.